The number of benzene rings is 1. The third-order valence-electron chi connectivity index (χ3n) is 3.75. The molecule has 0 amide bonds. The number of ether oxygens (including phenoxy) is 2. The maximum atomic E-state index is 11.4. The minimum absolute atomic E-state index is 0.148. The van der Waals surface area contributed by atoms with Crippen molar-refractivity contribution in [1.82, 2.24) is 0 Å². The van der Waals surface area contributed by atoms with E-state index in [1.165, 1.54) is 13.8 Å². The maximum absolute atomic E-state index is 11.4. The van der Waals surface area contributed by atoms with Gasteiger partial charge < -0.3 is 19.9 Å². The van der Waals surface area contributed by atoms with Gasteiger partial charge in [-0.3, -0.25) is 14.8 Å². The van der Waals surface area contributed by atoms with E-state index in [0.717, 1.165) is 5.56 Å². The monoisotopic (exact) mass is 352 g/mol. The Labute approximate surface area is 148 Å². The predicted octanol–water partition coefficient (Wildman–Crippen LogP) is 3.15. The molecule has 1 N–H and O–H groups in total. The molecular formula is C18H26NO6-. The number of carbonyl (C=O) groups excluding carboxylic acids is 2. The smallest absolute Gasteiger partial charge is 0.302 e. The molecule has 2 atom stereocenters. The zero-order chi connectivity index (χ0) is 19.0. The zero-order valence-corrected chi connectivity index (χ0v) is 15.2. The summed E-state index contributed by atoms with van der Waals surface area (Å²) in [6.07, 6.45) is 1.78. The lowest BCUT2D eigenvalue weighted by Gasteiger charge is -2.26. The Kier molecular flexibility index (Phi) is 8.37. The van der Waals surface area contributed by atoms with Crippen LogP contribution in [0.5, 0.6) is 0 Å². The maximum Gasteiger partial charge on any atom is 0.302 e. The Balaban J connectivity index is 2.72. The van der Waals surface area contributed by atoms with Gasteiger partial charge in [0, 0.05) is 13.8 Å². The molecule has 140 valence electrons. The van der Waals surface area contributed by atoms with Crippen molar-refractivity contribution in [3.63, 3.8) is 0 Å². The number of hydrogen-bond donors (Lipinski definition) is 1. The molecule has 0 fully saturated rings. The third-order valence-corrected chi connectivity index (χ3v) is 3.75. The summed E-state index contributed by atoms with van der Waals surface area (Å²) in [5, 5.41) is 20.7. The zero-order valence-electron chi connectivity index (χ0n) is 15.2. The molecule has 7 nitrogen and oxygen atoms in total. The number of rotatable bonds is 9. The highest BCUT2D eigenvalue weighted by molar-refractivity contribution is 5.66. The first-order valence-corrected chi connectivity index (χ1v) is 8.31. The number of esters is 2. The van der Waals surface area contributed by atoms with Crippen LogP contribution in [-0.4, -0.2) is 29.4 Å². The molecule has 0 unspecified atom stereocenters. The summed E-state index contributed by atoms with van der Waals surface area (Å²) in [6, 6.07) is 5.28. The molecular weight excluding hydrogens is 326 g/mol. The van der Waals surface area contributed by atoms with Gasteiger partial charge in [-0.1, -0.05) is 12.1 Å². The summed E-state index contributed by atoms with van der Waals surface area (Å²) >= 11 is 0. The topological polar surface area (TPSA) is 99.1 Å². The van der Waals surface area contributed by atoms with Crippen LogP contribution >= 0.6 is 0 Å². The second-order valence-corrected chi connectivity index (χ2v) is 6.15. The van der Waals surface area contributed by atoms with Crippen molar-refractivity contribution < 1.29 is 24.3 Å². The standard InChI is InChI=1S/C18H26NO6/c1-12(24-14(3)20)5-7-16-8-10-17(18(11-16)19(22)23)9-6-13(2)25-15(4)21/h8,10-13,22H,5-7,9H2,1-4H3/q-1/t12-,13-/m1/s1. The Morgan fingerprint density at radius 2 is 1.60 bits per heavy atom. The molecule has 7 heteroatoms. The number of anilines is 1. The molecule has 1 aromatic rings. The first-order valence-electron chi connectivity index (χ1n) is 8.31. The van der Waals surface area contributed by atoms with Crippen molar-refractivity contribution in [2.75, 3.05) is 5.23 Å². The first kappa shape index (κ1) is 20.9. The van der Waals surface area contributed by atoms with Gasteiger partial charge in [-0.05, 0) is 56.7 Å². The van der Waals surface area contributed by atoms with E-state index in [9.17, 15) is 20.0 Å². The van der Waals surface area contributed by atoms with E-state index < -0.39 is 0 Å². The van der Waals surface area contributed by atoms with Gasteiger partial charge in [0.05, 0.1) is 17.9 Å². The van der Waals surface area contributed by atoms with E-state index in [0.29, 0.717) is 31.2 Å². The molecule has 0 heterocycles. The van der Waals surface area contributed by atoms with Gasteiger partial charge in [0.1, 0.15) is 0 Å². The molecule has 25 heavy (non-hydrogen) atoms. The van der Waals surface area contributed by atoms with E-state index in [2.05, 4.69) is 0 Å². The Morgan fingerprint density at radius 3 is 2.08 bits per heavy atom. The van der Waals surface area contributed by atoms with Crippen molar-refractivity contribution in [3.05, 3.63) is 34.5 Å². The molecule has 0 aliphatic rings. The number of carbonyl (C=O) groups is 2. The van der Waals surface area contributed by atoms with Crippen LogP contribution in [0.25, 0.3) is 0 Å². The van der Waals surface area contributed by atoms with Crippen LogP contribution in [0.15, 0.2) is 18.2 Å². The molecule has 0 radical (unpaired) electrons. The molecule has 1 rings (SSSR count). The lowest BCUT2D eigenvalue weighted by atomic mass is 10.00. The van der Waals surface area contributed by atoms with Crippen LogP contribution in [0.4, 0.5) is 5.69 Å². The fraction of sp³-hybridized carbons (Fsp3) is 0.556. The Hall–Kier alpha value is -2.12. The van der Waals surface area contributed by atoms with E-state index in [1.807, 2.05) is 6.07 Å². The van der Waals surface area contributed by atoms with Crippen LogP contribution < -0.4 is 5.23 Å². The molecule has 0 spiro atoms. The lowest BCUT2D eigenvalue weighted by Crippen LogP contribution is -2.15. The van der Waals surface area contributed by atoms with E-state index in [-0.39, 0.29) is 35.1 Å². The van der Waals surface area contributed by atoms with Crippen molar-refractivity contribution in [3.8, 4) is 0 Å². The molecule has 0 aliphatic carbocycles. The van der Waals surface area contributed by atoms with Crippen LogP contribution in [0, 0.1) is 5.21 Å². The number of aryl methyl sites for hydroxylation is 2. The van der Waals surface area contributed by atoms with Crippen LogP contribution in [0.3, 0.4) is 0 Å². The second kappa shape index (κ2) is 10.0. The Bertz CT molecular complexity index is 587. The second-order valence-electron chi connectivity index (χ2n) is 6.15. The molecule has 0 saturated carbocycles. The normalized spacial score (nSPS) is 13.0. The van der Waals surface area contributed by atoms with Gasteiger partial charge in [0.15, 0.2) is 0 Å². The van der Waals surface area contributed by atoms with Crippen molar-refractivity contribution >= 4 is 17.6 Å². The summed E-state index contributed by atoms with van der Waals surface area (Å²) in [5.74, 6) is -0.677. The van der Waals surface area contributed by atoms with Crippen molar-refractivity contribution in [1.29, 1.82) is 0 Å². The minimum Gasteiger partial charge on any atom is -0.733 e. The SMILES string of the molecule is CC(=O)O[C@H](C)CCc1ccc(CC[C@@H](C)OC(C)=O)c(N([O-])O)c1. The van der Waals surface area contributed by atoms with Gasteiger partial charge in [-0.25, -0.2) is 0 Å². The minimum atomic E-state index is -0.349. The van der Waals surface area contributed by atoms with E-state index in [1.54, 1.807) is 26.0 Å². The van der Waals surface area contributed by atoms with Crippen molar-refractivity contribution in [2.45, 2.75) is 65.6 Å². The molecule has 0 bridgehead atoms. The summed E-state index contributed by atoms with van der Waals surface area (Å²) in [4.78, 5) is 21.8. The largest absolute Gasteiger partial charge is 0.733 e. The van der Waals surface area contributed by atoms with Gasteiger partial charge in [-0.2, -0.15) is 0 Å². The van der Waals surface area contributed by atoms with Crippen molar-refractivity contribution in [2.24, 2.45) is 0 Å². The Morgan fingerprint density at radius 1 is 1.08 bits per heavy atom. The fourth-order valence-corrected chi connectivity index (χ4v) is 2.57. The van der Waals surface area contributed by atoms with Crippen LogP contribution in [0.2, 0.25) is 0 Å². The lowest BCUT2D eigenvalue weighted by molar-refractivity contribution is -0.146. The van der Waals surface area contributed by atoms with E-state index in [4.69, 9.17) is 9.47 Å². The first-order chi connectivity index (χ1) is 11.7. The number of nitrogens with zero attached hydrogens (tertiary/aromatic N) is 1. The average molecular weight is 352 g/mol. The predicted molar refractivity (Wildman–Crippen MR) is 93.2 cm³/mol. The summed E-state index contributed by atoms with van der Waals surface area (Å²) < 4.78 is 10.1. The van der Waals surface area contributed by atoms with Crippen LogP contribution in [-0.2, 0) is 31.9 Å². The highest BCUT2D eigenvalue weighted by Crippen LogP contribution is 2.24. The average Bonchev–Trinajstić information content (AvgIpc) is 2.49. The summed E-state index contributed by atoms with van der Waals surface area (Å²) in [7, 11) is 0. The molecule has 0 aromatic heterocycles. The fourth-order valence-electron chi connectivity index (χ4n) is 2.57. The molecule has 1 aromatic carbocycles. The van der Waals surface area contributed by atoms with E-state index >= 15 is 0 Å². The van der Waals surface area contributed by atoms with Crippen LogP contribution in [0.1, 0.15) is 51.7 Å². The highest BCUT2D eigenvalue weighted by Gasteiger charge is 2.11. The molecule has 0 saturated heterocycles. The van der Waals surface area contributed by atoms with Gasteiger partial charge >= 0.3 is 11.9 Å². The number of hydrogen-bond acceptors (Lipinski definition) is 7. The summed E-state index contributed by atoms with van der Waals surface area (Å²) in [6.45, 7) is 6.29. The third kappa shape index (κ3) is 8.00. The van der Waals surface area contributed by atoms with Gasteiger partial charge in [0.2, 0.25) is 0 Å². The quantitative estimate of drug-likeness (QED) is 0.538. The van der Waals surface area contributed by atoms with Gasteiger partial charge in [-0.15, -0.1) is 0 Å². The highest BCUT2D eigenvalue weighted by atomic mass is 16.8. The molecule has 0 aliphatic heterocycles. The van der Waals surface area contributed by atoms with Gasteiger partial charge in [0.25, 0.3) is 0 Å². The summed E-state index contributed by atoms with van der Waals surface area (Å²) in [5.41, 5.74) is 1.71.